The Morgan fingerprint density at radius 3 is 2.50 bits per heavy atom. The Morgan fingerprint density at radius 1 is 1.20 bits per heavy atom. The lowest BCUT2D eigenvalue weighted by molar-refractivity contribution is 0.0131. The minimum Gasteiger partial charge on any atom is -0.391 e. The van der Waals surface area contributed by atoms with Crippen molar-refractivity contribution in [2.24, 2.45) is 5.41 Å². The number of rotatable bonds is 8. The predicted molar refractivity (Wildman–Crippen MR) is 84.9 cm³/mol. The van der Waals surface area contributed by atoms with Gasteiger partial charge < -0.3 is 15.3 Å². The fourth-order valence-electron chi connectivity index (χ4n) is 3.83. The summed E-state index contributed by atoms with van der Waals surface area (Å²) in [4.78, 5) is 2.44. The maximum atomic E-state index is 10.2. The van der Waals surface area contributed by atoms with Gasteiger partial charge in [0, 0.05) is 25.2 Å². The molecule has 0 aliphatic heterocycles. The fourth-order valence-corrected chi connectivity index (χ4v) is 3.83. The van der Waals surface area contributed by atoms with Crippen molar-refractivity contribution >= 4 is 0 Å². The number of hydrogen-bond donors (Lipinski definition) is 2. The lowest BCUT2D eigenvalue weighted by Crippen LogP contribution is -2.49. The van der Waals surface area contributed by atoms with Crippen LogP contribution in [0.2, 0.25) is 0 Å². The first-order valence-electron chi connectivity index (χ1n) is 8.66. The Balaban J connectivity index is 1.87. The third-order valence-electron chi connectivity index (χ3n) is 5.14. The minimum atomic E-state index is -0.115. The molecule has 2 N–H and O–H groups in total. The molecule has 0 bridgehead atoms. The lowest BCUT2D eigenvalue weighted by atomic mass is 9.83. The molecule has 2 saturated carbocycles. The Labute approximate surface area is 125 Å². The molecular weight excluding hydrogens is 248 g/mol. The summed E-state index contributed by atoms with van der Waals surface area (Å²) in [7, 11) is 2.21. The van der Waals surface area contributed by atoms with Crippen molar-refractivity contribution in [3.8, 4) is 0 Å². The van der Waals surface area contributed by atoms with Gasteiger partial charge >= 0.3 is 0 Å². The Bertz CT molecular complexity index is 293. The Hall–Kier alpha value is -0.120. The summed E-state index contributed by atoms with van der Waals surface area (Å²) in [6, 6.07) is 1.16. The van der Waals surface area contributed by atoms with Crippen LogP contribution in [0.5, 0.6) is 0 Å². The molecule has 3 atom stereocenters. The van der Waals surface area contributed by atoms with Crippen LogP contribution in [0.15, 0.2) is 0 Å². The van der Waals surface area contributed by atoms with E-state index in [0.29, 0.717) is 11.5 Å². The summed E-state index contributed by atoms with van der Waals surface area (Å²) in [5.41, 5.74) is 0.337. The van der Waals surface area contributed by atoms with Gasteiger partial charge in [0.25, 0.3) is 0 Å². The van der Waals surface area contributed by atoms with Crippen LogP contribution in [-0.4, -0.2) is 48.3 Å². The van der Waals surface area contributed by atoms with Gasteiger partial charge in [-0.15, -0.1) is 0 Å². The molecule has 0 aromatic rings. The minimum absolute atomic E-state index is 0.115. The van der Waals surface area contributed by atoms with Crippen molar-refractivity contribution in [3.63, 3.8) is 0 Å². The van der Waals surface area contributed by atoms with E-state index in [-0.39, 0.29) is 6.10 Å². The average Bonchev–Trinajstić information content (AvgIpc) is 3.21. The highest BCUT2D eigenvalue weighted by atomic mass is 16.3. The summed E-state index contributed by atoms with van der Waals surface area (Å²) in [5, 5.41) is 13.9. The summed E-state index contributed by atoms with van der Waals surface area (Å²) < 4.78 is 0. The van der Waals surface area contributed by atoms with Gasteiger partial charge in [-0.05, 0) is 44.6 Å². The largest absolute Gasteiger partial charge is 0.391 e. The Kier molecular flexibility index (Phi) is 5.88. The van der Waals surface area contributed by atoms with Crippen molar-refractivity contribution < 1.29 is 5.11 Å². The highest BCUT2D eigenvalue weighted by Gasteiger charge is 2.33. The molecule has 2 aliphatic rings. The first kappa shape index (κ1) is 16.3. The zero-order valence-electron chi connectivity index (χ0n) is 13.7. The monoisotopic (exact) mass is 282 g/mol. The molecule has 0 amide bonds. The second-order valence-corrected chi connectivity index (χ2v) is 7.55. The van der Waals surface area contributed by atoms with Crippen LogP contribution in [0, 0.1) is 5.41 Å². The third-order valence-corrected chi connectivity index (χ3v) is 5.14. The van der Waals surface area contributed by atoms with Crippen LogP contribution < -0.4 is 5.32 Å². The van der Waals surface area contributed by atoms with E-state index in [1.807, 2.05) is 0 Å². The first-order chi connectivity index (χ1) is 9.54. The molecular formula is C17H34N2O. The normalized spacial score (nSPS) is 30.4. The predicted octanol–water partition coefficient (Wildman–Crippen LogP) is 2.78. The molecule has 0 radical (unpaired) electrons. The smallest absolute Gasteiger partial charge is 0.0695 e. The molecule has 0 saturated heterocycles. The van der Waals surface area contributed by atoms with E-state index < -0.39 is 0 Å². The van der Waals surface area contributed by atoms with Gasteiger partial charge in [-0.25, -0.2) is 0 Å². The standard InChI is InChI=1S/C17H34N2O/c1-4-11-17(2,12-18-14-9-10-14)13-19(3)15-7-5-6-8-16(15)20/h14-16,18,20H,4-13H2,1-3H3. The van der Waals surface area contributed by atoms with E-state index in [2.05, 4.69) is 31.1 Å². The summed E-state index contributed by atoms with van der Waals surface area (Å²) in [6.45, 7) is 6.92. The quantitative estimate of drug-likeness (QED) is 0.718. The summed E-state index contributed by atoms with van der Waals surface area (Å²) >= 11 is 0. The summed E-state index contributed by atoms with van der Waals surface area (Å²) in [6.07, 6.45) is 9.73. The number of nitrogens with one attached hydrogen (secondary N) is 1. The van der Waals surface area contributed by atoms with E-state index in [1.54, 1.807) is 0 Å². The van der Waals surface area contributed by atoms with Gasteiger partial charge in [-0.1, -0.05) is 33.1 Å². The third kappa shape index (κ3) is 4.71. The van der Waals surface area contributed by atoms with Crippen LogP contribution in [0.25, 0.3) is 0 Å². The van der Waals surface area contributed by atoms with Gasteiger partial charge in [0.1, 0.15) is 0 Å². The molecule has 3 heteroatoms. The Morgan fingerprint density at radius 2 is 1.90 bits per heavy atom. The van der Waals surface area contributed by atoms with Gasteiger partial charge in [-0.3, -0.25) is 0 Å². The molecule has 0 aromatic heterocycles. The van der Waals surface area contributed by atoms with E-state index in [4.69, 9.17) is 0 Å². The molecule has 118 valence electrons. The maximum Gasteiger partial charge on any atom is 0.0695 e. The second-order valence-electron chi connectivity index (χ2n) is 7.55. The van der Waals surface area contributed by atoms with E-state index >= 15 is 0 Å². The molecule has 2 rings (SSSR count). The van der Waals surface area contributed by atoms with Crippen LogP contribution in [0.3, 0.4) is 0 Å². The first-order valence-corrected chi connectivity index (χ1v) is 8.66. The number of hydrogen-bond acceptors (Lipinski definition) is 3. The average molecular weight is 282 g/mol. The number of aliphatic hydroxyl groups is 1. The molecule has 2 aliphatic carbocycles. The van der Waals surface area contributed by atoms with Crippen molar-refractivity contribution in [3.05, 3.63) is 0 Å². The number of aliphatic hydroxyl groups excluding tert-OH is 1. The zero-order valence-corrected chi connectivity index (χ0v) is 13.7. The number of nitrogens with zero attached hydrogens (tertiary/aromatic N) is 1. The molecule has 20 heavy (non-hydrogen) atoms. The molecule has 0 heterocycles. The maximum absolute atomic E-state index is 10.2. The molecule has 0 spiro atoms. The fraction of sp³-hybridized carbons (Fsp3) is 1.00. The van der Waals surface area contributed by atoms with Crippen LogP contribution in [-0.2, 0) is 0 Å². The van der Waals surface area contributed by atoms with Gasteiger partial charge in [0.15, 0.2) is 0 Å². The lowest BCUT2D eigenvalue weighted by Gasteiger charge is -2.41. The van der Waals surface area contributed by atoms with Crippen molar-refractivity contribution in [2.45, 2.75) is 83.4 Å². The molecule has 0 aromatic carbocycles. The van der Waals surface area contributed by atoms with Gasteiger partial charge in [0.2, 0.25) is 0 Å². The summed E-state index contributed by atoms with van der Waals surface area (Å²) in [5.74, 6) is 0. The van der Waals surface area contributed by atoms with Crippen LogP contribution in [0.1, 0.15) is 65.2 Å². The highest BCUT2D eigenvalue weighted by molar-refractivity contribution is 4.89. The van der Waals surface area contributed by atoms with Crippen molar-refractivity contribution in [1.29, 1.82) is 0 Å². The topological polar surface area (TPSA) is 35.5 Å². The van der Waals surface area contributed by atoms with Crippen LogP contribution in [0.4, 0.5) is 0 Å². The SMILES string of the molecule is CCCC(C)(CNC1CC1)CN(C)C1CCCCC1O. The highest BCUT2D eigenvalue weighted by Crippen LogP contribution is 2.30. The van der Waals surface area contributed by atoms with Gasteiger partial charge in [-0.2, -0.15) is 0 Å². The second kappa shape index (κ2) is 7.24. The molecule has 2 fully saturated rings. The zero-order chi connectivity index (χ0) is 14.6. The van der Waals surface area contributed by atoms with E-state index in [9.17, 15) is 5.11 Å². The molecule has 3 nitrogen and oxygen atoms in total. The van der Waals surface area contributed by atoms with Gasteiger partial charge in [0.05, 0.1) is 6.10 Å². The van der Waals surface area contributed by atoms with E-state index in [1.165, 1.54) is 38.5 Å². The van der Waals surface area contributed by atoms with Crippen molar-refractivity contribution in [1.82, 2.24) is 10.2 Å². The van der Waals surface area contributed by atoms with Crippen molar-refractivity contribution in [2.75, 3.05) is 20.1 Å². The molecule has 3 unspecified atom stereocenters. The van der Waals surface area contributed by atoms with Crippen LogP contribution >= 0.6 is 0 Å². The van der Waals surface area contributed by atoms with E-state index in [0.717, 1.165) is 32.0 Å². The number of likely N-dealkylation sites (N-methyl/N-ethyl adjacent to an activating group) is 1.